The molecular weight excluding hydrogens is 230 g/mol. The standard InChI is InChI=1S/C12H17N5O/c1-2-16-8-7-10(15-16)11-13-14-12(18)17(11)9-5-3-4-6-9/h7-9H,2-6H2,1H3,(H,14,18). The normalized spacial score (nSPS) is 16.5. The number of nitrogens with zero attached hydrogens (tertiary/aromatic N) is 4. The molecule has 0 bridgehead atoms. The molecule has 96 valence electrons. The lowest BCUT2D eigenvalue weighted by Crippen LogP contribution is -2.21. The first-order valence-electron chi connectivity index (χ1n) is 6.50. The maximum Gasteiger partial charge on any atom is 0.343 e. The van der Waals surface area contributed by atoms with E-state index in [4.69, 9.17) is 0 Å². The van der Waals surface area contributed by atoms with Crippen molar-refractivity contribution >= 4 is 0 Å². The predicted molar refractivity (Wildman–Crippen MR) is 67.2 cm³/mol. The lowest BCUT2D eigenvalue weighted by atomic mass is 10.2. The summed E-state index contributed by atoms with van der Waals surface area (Å²) in [6.45, 7) is 2.85. The molecule has 0 unspecified atom stereocenters. The number of hydrogen-bond donors (Lipinski definition) is 1. The summed E-state index contributed by atoms with van der Waals surface area (Å²) in [5, 5.41) is 11.1. The molecule has 1 aliphatic carbocycles. The molecule has 1 fully saturated rings. The van der Waals surface area contributed by atoms with E-state index >= 15 is 0 Å². The first-order chi connectivity index (χ1) is 8.79. The van der Waals surface area contributed by atoms with Gasteiger partial charge in [0.2, 0.25) is 0 Å². The quantitative estimate of drug-likeness (QED) is 0.895. The minimum Gasteiger partial charge on any atom is -0.272 e. The predicted octanol–water partition coefficient (Wildman–Crippen LogP) is 1.57. The zero-order chi connectivity index (χ0) is 12.5. The van der Waals surface area contributed by atoms with E-state index in [-0.39, 0.29) is 11.7 Å². The molecule has 0 atom stereocenters. The highest BCUT2D eigenvalue weighted by Gasteiger charge is 2.23. The summed E-state index contributed by atoms with van der Waals surface area (Å²) in [5.41, 5.74) is 0.644. The van der Waals surface area contributed by atoms with Crippen molar-refractivity contribution in [3.8, 4) is 11.5 Å². The van der Waals surface area contributed by atoms with Gasteiger partial charge in [-0.1, -0.05) is 12.8 Å². The minimum absolute atomic E-state index is 0.122. The molecule has 6 nitrogen and oxygen atoms in total. The smallest absolute Gasteiger partial charge is 0.272 e. The minimum atomic E-state index is -0.122. The fourth-order valence-electron chi connectivity index (χ4n) is 2.64. The van der Waals surface area contributed by atoms with Crippen LogP contribution in [-0.4, -0.2) is 24.5 Å². The van der Waals surface area contributed by atoms with Crippen LogP contribution in [0.1, 0.15) is 38.6 Å². The van der Waals surface area contributed by atoms with Crippen LogP contribution < -0.4 is 5.69 Å². The summed E-state index contributed by atoms with van der Waals surface area (Å²) >= 11 is 0. The van der Waals surface area contributed by atoms with Gasteiger partial charge in [-0.15, -0.1) is 0 Å². The molecule has 2 aromatic heterocycles. The number of rotatable bonds is 3. The Labute approximate surface area is 105 Å². The van der Waals surface area contributed by atoms with Crippen molar-refractivity contribution in [1.82, 2.24) is 24.5 Å². The molecule has 0 radical (unpaired) electrons. The molecule has 1 N–H and O–H groups in total. The van der Waals surface area contributed by atoms with Gasteiger partial charge in [-0.2, -0.15) is 10.2 Å². The molecular formula is C12H17N5O. The maximum absolute atomic E-state index is 11.9. The third-order valence-corrected chi connectivity index (χ3v) is 3.59. The summed E-state index contributed by atoms with van der Waals surface area (Å²) in [5.74, 6) is 0.666. The van der Waals surface area contributed by atoms with Crippen LogP contribution in [0.3, 0.4) is 0 Å². The zero-order valence-electron chi connectivity index (χ0n) is 10.5. The molecule has 3 rings (SSSR count). The molecule has 2 heterocycles. The second-order valence-corrected chi connectivity index (χ2v) is 4.72. The van der Waals surface area contributed by atoms with Crippen LogP contribution in [0.15, 0.2) is 17.1 Å². The average Bonchev–Trinajstić information content (AvgIpc) is 3.07. The molecule has 0 spiro atoms. The molecule has 0 amide bonds. The van der Waals surface area contributed by atoms with Crippen LogP contribution in [0.4, 0.5) is 0 Å². The van der Waals surface area contributed by atoms with E-state index in [1.165, 1.54) is 12.8 Å². The molecule has 1 saturated carbocycles. The lowest BCUT2D eigenvalue weighted by Gasteiger charge is -2.11. The molecule has 18 heavy (non-hydrogen) atoms. The molecule has 0 aliphatic heterocycles. The Morgan fingerprint density at radius 1 is 1.44 bits per heavy atom. The Balaban J connectivity index is 2.03. The lowest BCUT2D eigenvalue weighted by molar-refractivity contribution is 0.507. The first-order valence-corrected chi connectivity index (χ1v) is 6.50. The monoisotopic (exact) mass is 247 g/mol. The van der Waals surface area contributed by atoms with Crippen molar-refractivity contribution < 1.29 is 0 Å². The Kier molecular flexibility index (Phi) is 2.77. The number of hydrogen-bond acceptors (Lipinski definition) is 3. The Morgan fingerprint density at radius 3 is 2.89 bits per heavy atom. The van der Waals surface area contributed by atoms with Crippen molar-refractivity contribution in [2.45, 2.75) is 45.2 Å². The second kappa shape index (κ2) is 4.44. The van der Waals surface area contributed by atoms with Crippen LogP contribution in [-0.2, 0) is 6.54 Å². The number of aromatic amines is 1. The number of H-pyrrole nitrogens is 1. The van der Waals surface area contributed by atoms with Crippen LogP contribution in [0.5, 0.6) is 0 Å². The average molecular weight is 247 g/mol. The highest BCUT2D eigenvalue weighted by Crippen LogP contribution is 2.30. The van der Waals surface area contributed by atoms with Gasteiger partial charge in [-0.3, -0.25) is 9.25 Å². The van der Waals surface area contributed by atoms with Crippen molar-refractivity contribution in [3.05, 3.63) is 22.7 Å². The highest BCUT2D eigenvalue weighted by atomic mass is 16.1. The summed E-state index contributed by atoms with van der Waals surface area (Å²) < 4.78 is 3.61. The Hall–Kier alpha value is -1.85. The van der Waals surface area contributed by atoms with Gasteiger partial charge in [0.25, 0.3) is 0 Å². The molecule has 0 saturated heterocycles. The van der Waals surface area contributed by atoms with Gasteiger partial charge in [-0.05, 0) is 25.8 Å². The van der Waals surface area contributed by atoms with E-state index < -0.39 is 0 Å². The van der Waals surface area contributed by atoms with E-state index in [0.717, 1.165) is 25.1 Å². The SMILES string of the molecule is CCn1ccc(-c2n[nH]c(=O)n2C2CCCC2)n1. The van der Waals surface area contributed by atoms with Gasteiger partial charge in [0.1, 0.15) is 5.69 Å². The van der Waals surface area contributed by atoms with E-state index in [1.807, 2.05) is 23.9 Å². The summed E-state index contributed by atoms with van der Waals surface area (Å²) in [4.78, 5) is 11.9. The molecule has 6 heteroatoms. The van der Waals surface area contributed by atoms with Crippen LogP contribution in [0, 0.1) is 0 Å². The van der Waals surface area contributed by atoms with Gasteiger partial charge in [0.05, 0.1) is 0 Å². The number of nitrogens with one attached hydrogen (secondary N) is 1. The molecule has 1 aliphatic rings. The van der Waals surface area contributed by atoms with Gasteiger partial charge < -0.3 is 0 Å². The third kappa shape index (κ3) is 1.77. The fourth-order valence-corrected chi connectivity index (χ4v) is 2.64. The van der Waals surface area contributed by atoms with Crippen LogP contribution in [0.2, 0.25) is 0 Å². The molecule has 2 aromatic rings. The fraction of sp³-hybridized carbons (Fsp3) is 0.583. The topological polar surface area (TPSA) is 68.5 Å². The zero-order valence-corrected chi connectivity index (χ0v) is 10.5. The second-order valence-electron chi connectivity index (χ2n) is 4.72. The number of aryl methyl sites for hydroxylation is 1. The summed E-state index contributed by atoms with van der Waals surface area (Å²) in [6, 6.07) is 2.18. The maximum atomic E-state index is 11.9. The largest absolute Gasteiger partial charge is 0.343 e. The van der Waals surface area contributed by atoms with Crippen molar-refractivity contribution in [3.63, 3.8) is 0 Å². The number of aromatic nitrogens is 5. The van der Waals surface area contributed by atoms with Crippen molar-refractivity contribution in [2.75, 3.05) is 0 Å². The molecule has 0 aromatic carbocycles. The van der Waals surface area contributed by atoms with Gasteiger partial charge in [0, 0.05) is 18.8 Å². The van der Waals surface area contributed by atoms with Crippen LogP contribution in [0.25, 0.3) is 11.5 Å². The van der Waals surface area contributed by atoms with Crippen molar-refractivity contribution in [1.29, 1.82) is 0 Å². The summed E-state index contributed by atoms with van der Waals surface area (Å²) in [6.07, 6.45) is 6.39. The van der Waals surface area contributed by atoms with Crippen molar-refractivity contribution in [2.24, 2.45) is 0 Å². The first kappa shape index (κ1) is 11.3. The van der Waals surface area contributed by atoms with Crippen LogP contribution >= 0.6 is 0 Å². The van der Waals surface area contributed by atoms with E-state index in [1.54, 1.807) is 4.57 Å². The van der Waals surface area contributed by atoms with E-state index in [2.05, 4.69) is 15.3 Å². The van der Waals surface area contributed by atoms with Gasteiger partial charge >= 0.3 is 5.69 Å². The van der Waals surface area contributed by atoms with Gasteiger partial charge in [0.15, 0.2) is 5.82 Å². The Bertz CT molecular complexity index is 588. The van der Waals surface area contributed by atoms with E-state index in [9.17, 15) is 4.79 Å². The van der Waals surface area contributed by atoms with Gasteiger partial charge in [-0.25, -0.2) is 9.89 Å². The van der Waals surface area contributed by atoms with E-state index in [0.29, 0.717) is 5.82 Å². The highest BCUT2D eigenvalue weighted by molar-refractivity contribution is 5.48. The Morgan fingerprint density at radius 2 is 2.22 bits per heavy atom. The third-order valence-electron chi connectivity index (χ3n) is 3.59. The summed E-state index contributed by atoms with van der Waals surface area (Å²) in [7, 11) is 0.